The van der Waals surface area contributed by atoms with Crippen LogP contribution in [-0.4, -0.2) is 55.8 Å². The molecule has 1 saturated carbocycles. The summed E-state index contributed by atoms with van der Waals surface area (Å²) in [5.41, 5.74) is 1.96. The number of hydrogen-bond donors (Lipinski definition) is 1. The molecular weight excluding hydrogens is 421 g/mol. The highest BCUT2D eigenvalue weighted by Crippen LogP contribution is 2.47. The lowest BCUT2D eigenvalue weighted by Crippen LogP contribution is -2.31. The first-order chi connectivity index (χ1) is 14.6. The maximum absolute atomic E-state index is 13.3. The molecule has 4 atom stereocenters. The van der Waals surface area contributed by atoms with Gasteiger partial charge >= 0.3 is 6.09 Å². The van der Waals surface area contributed by atoms with Crippen molar-refractivity contribution in [1.82, 2.24) is 9.88 Å². The number of carboxylic acid groups (broad SMARTS) is 1. The van der Waals surface area contributed by atoms with Crippen molar-refractivity contribution >= 4 is 23.7 Å². The lowest BCUT2D eigenvalue weighted by atomic mass is 10.1. The first-order valence-corrected chi connectivity index (χ1v) is 11.1. The zero-order valence-electron chi connectivity index (χ0n) is 17.5. The van der Waals surface area contributed by atoms with Crippen LogP contribution < -0.4 is 4.74 Å². The summed E-state index contributed by atoms with van der Waals surface area (Å²) in [5.74, 6) is 0.370. The number of halogens is 1. The predicted octanol–water partition coefficient (Wildman–Crippen LogP) is 3.76. The molecule has 1 amide bonds. The van der Waals surface area contributed by atoms with Gasteiger partial charge in [0, 0.05) is 42.1 Å². The quantitative estimate of drug-likeness (QED) is 0.558. The second-order valence-corrected chi connectivity index (χ2v) is 10.8. The summed E-state index contributed by atoms with van der Waals surface area (Å²) >= 11 is -1.41. The minimum absolute atomic E-state index is 0.0833. The highest BCUT2D eigenvalue weighted by atomic mass is 32.2. The van der Waals surface area contributed by atoms with Crippen LogP contribution in [0.1, 0.15) is 26.3 Å². The number of carbonyl (C=O) groups is 1. The molecule has 7 nitrogen and oxygen atoms in total. The first-order valence-electron chi connectivity index (χ1n) is 10.0. The molecule has 4 rings (SSSR count). The molecule has 1 aliphatic carbocycles. The molecular formula is C22H24FN3O4S. The summed E-state index contributed by atoms with van der Waals surface area (Å²) in [4.78, 5) is 17.1. The number of benzene rings is 1. The first kappa shape index (κ1) is 21.6. The molecule has 1 saturated heterocycles. The SMILES string of the molecule is CC(C)(C)[S+]([O-])N=Cc1cc(OC2[C@H]3CN(C(=O)O)C[C@@H]23)nc(-c2ccc(F)cc2)c1. The number of ether oxygens (including phenoxy) is 1. The number of amides is 1. The second kappa shape index (κ2) is 8.12. The zero-order valence-corrected chi connectivity index (χ0v) is 18.3. The lowest BCUT2D eigenvalue weighted by Gasteiger charge is -2.18. The van der Waals surface area contributed by atoms with Crippen LogP contribution in [0.5, 0.6) is 5.88 Å². The maximum atomic E-state index is 13.3. The van der Waals surface area contributed by atoms with Crippen molar-refractivity contribution in [2.45, 2.75) is 31.6 Å². The molecule has 0 radical (unpaired) electrons. The number of aromatic nitrogens is 1. The van der Waals surface area contributed by atoms with Gasteiger partial charge in [-0.2, -0.15) is 0 Å². The van der Waals surface area contributed by atoms with Crippen molar-refractivity contribution in [2.75, 3.05) is 13.1 Å². The Bertz CT molecular complexity index is 997. The molecule has 1 aliphatic heterocycles. The van der Waals surface area contributed by atoms with Crippen molar-refractivity contribution in [1.29, 1.82) is 0 Å². The second-order valence-electron chi connectivity index (χ2n) is 8.82. The van der Waals surface area contributed by atoms with E-state index >= 15 is 0 Å². The zero-order chi connectivity index (χ0) is 22.3. The highest BCUT2D eigenvalue weighted by molar-refractivity contribution is 7.91. The van der Waals surface area contributed by atoms with Gasteiger partial charge in [0.05, 0.1) is 11.9 Å². The summed E-state index contributed by atoms with van der Waals surface area (Å²) in [5, 5.41) is 9.11. The molecule has 2 aromatic rings. The van der Waals surface area contributed by atoms with Gasteiger partial charge in [-0.05, 0) is 51.1 Å². The Morgan fingerprint density at radius 3 is 2.52 bits per heavy atom. The number of fused-ring (bicyclic) bond motifs is 1. The van der Waals surface area contributed by atoms with E-state index in [0.717, 1.165) is 0 Å². The van der Waals surface area contributed by atoms with Crippen LogP contribution in [0.25, 0.3) is 11.3 Å². The van der Waals surface area contributed by atoms with Crippen LogP contribution in [0.4, 0.5) is 9.18 Å². The van der Waals surface area contributed by atoms with E-state index in [0.29, 0.717) is 35.8 Å². The fourth-order valence-electron chi connectivity index (χ4n) is 3.64. The van der Waals surface area contributed by atoms with E-state index in [2.05, 4.69) is 9.38 Å². The van der Waals surface area contributed by atoms with Gasteiger partial charge in [0.2, 0.25) is 5.88 Å². The van der Waals surface area contributed by atoms with Gasteiger partial charge in [0.15, 0.2) is 0 Å². The normalized spacial score (nSPS) is 23.6. The Morgan fingerprint density at radius 2 is 1.94 bits per heavy atom. The monoisotopic (exact) mass is 445 g/mol. The molecule has 2 unspecified atom stereocenters. The van der Waals surface area contributed by atoms with Gasteiger partial charge in [0.1, 0.15) is 28.0 Å². The van der Waals surface area contributed by atoms with E-state index in [1.807, 2.05) is 20.8 Å². The maximum Gasteiger partial charge on any atom is 0.407 e. The van der Waals surface area contributed by atoms with E-state index in [1.54, 1.807) is 24.3 Å². The van der Waals surface area contributed by atoms with Gasteiger partial charge in [-0.15, -0.1) is 0 Å². The summed E-state index contributed by atoms with van der Waals surface area (Å²) in [6.45, 7) is 6.45. The lowest BCUT2D eigenvalue weighted by molar-refractivity contribution is 0.139. The number of likely N-dealkylation sites (tertiary alicyclic amines) is 1. The summed E-state index contributed by atoms with van der Waals surface area (Å²) < 4.78 is 35.4. The van der Waals surface area contributed by atoms with Crippen molar-refractivity contribution in [3.8, 4) is 17.1 Å². The predicted molar refractivity (Wildman–Crippen MR) is 116 cm³/mol. The Balaban J connectivity index is 1.57. The molecule has 2 aliphatic rings. The van der Waals surface area contributed by atoms with Gasteiger partial charge in [-0.25, -0.2) is 14.2 Å². The number of hydrogen-bond acceptors (Lipinski definition) is 5. The Morgan fingerprint density at radius 1 is 1.29 bits per heavy atom. The van der Waals surface area contributed by atoms with Crippen LogP contribution in [0.2, 0.25) is 0 Å². The largest absolute Gasteiger partial charge is 0.591 e. The number of nitrogens with zero attached hydrogens (tertiary/aromatic N) is 3. The molecule has 2 fully saturated rings. The average molecular weight is 446 g/mol. The van der Waals surface area contributed by atoms with Crippen molar-refractivity contribution in [3.63, 3.8) is 0 Å². The molecule has 164 valence electrons. The third-order valence-corrected chi connectivity index (χ3v) is 6.77. The fraction of sp³-hybridized carbons (Fsp3) is 0.409. The topological polar surface area (TPSA) is 98.1 Å². The molecule has 1 aromatic heterocycles. The van der Waals surface area contributed by atoms with Gasteiger partial charge in [-0.1, -0.05) is 4.40 Å². The van der Waals surface area contributed by atoms with Crippen molar-refractivity contribution in [3.05, 3.63) is 47.8 Å². The van der Waals surface area contributed by atoms with E-state index in [-0.39, 0.29) is 23.8 Å². The third-order valence-electron chi connectivity index (χ3n) is 5.43. The third kappa shape index (κ3) is 4.83. The molecule has 0 spiro atoms. The summed E-state index contributed by atoms with van der Waals surface area (Å²) in [6.07, 6.45) is 0.538. The van der Waals surface area contributed by atoms with Gasteiger partial charge in [0.25, 0.3) is 0 Å². The minimum atomic E-state index is -1.41. The van der Waals surface area contributed by atoms with Crippen LogP contribution in [0, 0.1) is 17.7 Å². The van der Waals surface area contributed by atoms with Crippen LogP contribution in [0.3, 0.4) is 0 Å². The summed E-state index contributed by atoms with van der Waals surface area (Å²) in [6, 6.07) is 9.48. The molecule has 1 aromatic carbocycles. The Kier molecular flexibility index (Phi) is 5.65. The van der Waals surface area contributed by atoms with Gasteiger partial charge in [-0.3, -0.25) is 0 Å². The number of piperidine rings is 1. The van der Waals surface area contributed by atoms with Gasteiger partial charge < -0.3 is 19.3 Å². The molecule has 0 bridgehead atoms. The fourth-order valence-corrected chi connectivity index (χ4v) is 4.17. The summed E-state index contributed by atoms with van der Waals surface area (Å²) in [7, 11) is 0. The van der Waals surface area contributed by atoms with Crippen molar-refractivity contribution < 1.29 is 23.6 Å². The smallest absolute Gasteiger partial charge is 0.407 e. The van der Waals surface area contributed by atoms with Crippen LogP contribution >= 0.6 is 0 Å². The number of rotatable bonds is 5. The minimum Gasteiger partial charge on any atom is -0.591 e. The Hall–Kier alpha value is -2.65. The van der Waals surface area contributed by atoms with E-state index in [1.165, 1.54) is 23.2 Å². The molecule has 9 heteroatoms. The molecule has 31 heavy (non-hydrogen) atoms. The average Bonchev–Trinajstić information content (AvgIpc) is 3.13. The molecule has 2 heterocycles. The Labute approximate surface area is 183 Å². The van der Waals surface area contributed by atoms with E-state index in [4.69, 9.17) is 9.84 Å². The van der Waals surface area contributed by atoms with Crippen LogP contribution in [0.15, 0.2) is 40.8 Å². The highest BCUT2D eigenvalue weighted by Gasteiger charge is 2.59. The number of pyridine rings is 1. The van der Waals surface area contributed by atoms with E-state index in [9.17, 15) is 13.7 Å². The van der Waals surface area contributed by atoms with Crippen molar-refractivity contribution in [2.24, 2.45) is 16.2 Å². The van der Waals surface area contributed by atoms with Crippen LogP contribution in [-0.2, 0) is 11.4 Å². The standard InChI is InChI=1S/C22H24FN3O4S/c1-22(2,3)31(29)24-10-13-8-18(14-4-6-15(23)7-5-14)25-19(9-13)30-20-16-11-26(21(27)28)12-17(16)20/h4-10,16-17,20H,11-12H2,1-3H3,(H,27,28)/t16-,17+,20?,31?. The molecule has 1 N–H and O–H groups in total. The van der Waals surface area contributed by atoms with E-state index < -0.39 is 22.2 Å².